The molecule has 0 amide bonds. The molecule has 0 unspecified atom stereocenters. The third-order valence-corrected chi connectivity index (χ3v) is 3.66. The molecule has 0 spiro atoms. The molecule has 1 aliphatic rings. The second-order valence-corrected chi connectivity index (χ2v) is 4.77. The van der Waals surface area contributed by atoms with E-state index in [1.165, 1.54) is 12.1 Å². The molecule has 5 heteroatoms. The van der Waals surface area contributed by atoms with Crippen LogP contribution in [0.4, 0.5) is 4.39 Å². The molecule has 1 fully saturated rings. The van der Waals surface area contributed by atoms with Crippen molar-refractivity contribution < 1.29 is 9.50 Å². The zero-order valence-electron chi connectivity index (χ0n) is 9.33. The van der Waals surface area contributed by atoms with E-state index in [1.54, 1.807) is 0 Å². The lowest BCUT2D eigenvalue weighted by Gasteiger charge is -2.21. The van der Waals surface area contributed by atoms with Gasteiger partial charge in [-0.25, -0.2) is 4.39 Å². The van der Waals surface area contributed by atoms with Crippen molar-refractivity contribution in [2.24, 2.45) is 11.7 Å². The first kappa shape index (κ1) is 14.6. The quantitative estimate of drug-likeness (QED) is 0.865. The molecule has 0 aromatic heterocycles. The van der Waals surface area contributed by atoms with Gasteiger partial charge >= 0.3 is 0 Å². The van der Waals surface area contributed by atoms with Gasteiger partial charge in [0.1, 0.15) is 11.6 Å². The van der Waals surface area contributed by atoms with Crippen LogP contribution in [-0.4, -0.2) is 5.11 Å². The molecule has 3 N–H and O–H groups in total. The molecule has 2 nitrogen and oxygen atoms in total. The molecule has 1 atom stereocenters. The first-order chi connectivity index (χ1) is 7.61. The number of halogens is 3. The van der Waals surface area contributed by atoms with Crippen LogP contribution in [0.15, 0.2) is 12.1 Å². The van der Waals surface area contributed by atoms with Crippen LogP contribution in [0.5, 0.6) is 5.75 Å². The van der Waals surface area contributed by atoms with E-state index in [0.29, 0.717) is 0 Å². The van der Waals surface area contributed by atoms with Gasteiger partial charge < -0.3 is 10.8 Å². The smallest absolute Gasteiger partial charge is 0.141 e. The predicted molar refractivity (Wildman–Crippen MR) is 69.2 cm³/mol. The van der Waals surface area contributed by atoms with Gasteiger partial charge in [0.2, 0.25) is 0 Å². The van der Waals surface area contributed by atoms with Gasteiger partial charge in [-0.15, -0.1) is 12.4 Å². The molecule has 96 valence electrons. The molecule has 0 heterocycles. The minimum absolute atomic E-state index is 0. The minimum Gasteiger partial charge on any atom is -0.506 e. The average Bonchev–Trinajstić information content (AvgIpc) is 2.77. The highest BCUT2D eigenvalue weighted by molar-refractivity contribution is 6.32. The van der Waals surface area contributed by atoms with E-state index in [9.17, 15) is 9.50 Å². The molecular weight excluding hydrogens is 264 g/mol. The van der Waals surface area contributed by atoms with Crippen molar-refractivity contribution in [2.45, 2.75) is 31.7 Å². The molecule has 1 aromatic carbocycles. The maximum atomic E-state index is 13.6. The van der Waals surface area contributed by atoms with Crippen molar-refractivity contribution in [3.05, 3.63) is 28.5 Å². The third kappa shape index (κ3) is 2.84. The number of rotatable bonds is 2. The first-order valence-electron chi connectivity index (χ1n) is 5.53. The monoisotopic (exact) mass is 279 g/mol. The van der Waals surface area contributed by atoms with Gasteiger partial charge in [0.05, 0.1) is 5.02 Å². The van der Waals surface area contributed by atoms with Crippen LogP contribution >= 0.6 is 24.0 Å². The summed E-state index contributed by atoms with van der Waals surface area (Å²) in [6.45, 7) is 0. The standard InChI is InChI=1S/C12H15ClFNO.ClH/c13-8-5-6-9(14)10(12(8)16)11(15)7-3-1-2-4-7;/h5-7,11,16H,1-4,15H2;1H/t11-;/m1./s1. The zero-order chi connectivity index (χ0) is 11.7. The third-order valence-electron chi connectivity index (χ3n) is 3.36. The van der Waals surface area contributed by atoms with E-state index < -0.39 is 11.9 Å². The van der Waals surface area contributed by atoms with E-state index in [2.05, 4.69) is 0 Å². The summed E-state index contributed by atoms with van der Waals surface area (Å²) in [5.74, 6) is -0.429. The van der Waals surface area contributed by atoms with Crippen molar-refractivity contribution in [1.29, 1.82) is 0 Å². The van der Waals surface area contributed by atoms with Crippen LogP contribution in [0.1, 0.15) is 37.3 Å². The van der Waals surface area contributed by atoms with Crippen molar-refractivity contribution in [2.75, 3.05) is 0 Å². The lowest BCUT2D eigenvalue weighted by Crippen LogP contribution is -2.20. The Morgan fingerprint density at radius 3 is 2.53 bits per heavy atom. The van der Waals surface area contributed by atoms with Crippen LogP contribution in [0.2, 0.25) is 5.02 Å². The molecule has 1 aromatic rings. The Kier molecular flexibility index (Phi) is 5.04. The van der Waals surface area contributed by atoms with Gasteiger partial charge in [0, 0.05) is 11.6 Å². The van der Waals surface area contributed by atoms with E-state index >= 15 is 0 Å². The van der Waals surface area contributed by atoms with E-state index in [1.807, 2.05) is 0 Å². The second kappa shape index (κ2) is 5.89. The fourth-order valence-electron chi connectivity index (χ4n) is 2.43. The molecule has 0 saturated heterocycles. The summed E-state index contributed by atoms with van der Waals surface area (Å²) in [4.78, 5) is 0. The van der Waals surface area contributed by atoms with Crippen molar-refractivity contribution in [3.8, 4) is 5.75 Å². The Morgan fingerprint density at radius 1 is 1.35 bits per heavy atom. The maximum Gasteiger partial charge on any atom is 0.141 e. The molecule has 1 saturated carbocycles. The van der Waals surface area contributed by atoms with Gasteiger partial charge in [-0.2, -0.15) is 0 Å². The topological polar surface area (TPSA) is 46.2 Å². The molecule has 0 bridgehead atoms. The number of hydrogen-bond donors (Lipinski definition) is 2. The lowest BCUT2D eigenvalue weighted by atomic mass is 9.91. The number of benzene rings is 1. The summed E-state index contributed by atoms with van der Waals surface area (Å²) in [6, 6.07) is 2.14. The van der Waals surface area contributed by atoms with Crippen LogP contribution in [0, 0.1) is 11.7 Å². The molecule has 1 aliphatic carbocycles. The Morgan fingerprint density at radius 2 is 1.94 bits per heavy atom. The molecule has 0 radical (unpaired) electrons. The van der Waals surface area contributed by atoms with Gasteiger partial charge in [-0.3, -0.25) is 0 Å². The SMILES string of the molecule is Cl.N[C@@H](c1c(F)ccc(Cl)c1O)C1CCCC1. The Bertz CT molecular complexity index is 394. The highest BCUT2D eigenvalue weighted by Gasteiger charge is 2.28. The van der Waals surface area contributed by atoms with Gasteiger partial charge in [-0.1, -0.05) is 24.4 Å². The van der Waals surface area contributed by atoms with Gasteiger partial charge in [0.15, 0.2) is 0 Å². The Hall–Kier alpha value is -0.510. The van der Waals surface area contributed by atoms with Crippen LogP contribution in [-0.2, 0) is 0 Å². The van der Waals surface area contributed by atoms with Crippen molar-refractivity contribution in [3.63, 3.8) is 0 Å². The van der Waals surface area contributed by atoms with Crippen molar-refractivity contribution in [1.82, 2.24) is 0 Å². The summed E-state index contributed by atoms with van der Waals surface area (Å²) in [5.41, 5.74) is 6.18. The van der Waals surface area contributed by atoms with Crippen LogP contribution < -0.4 is 5.73 Å². The normalized spacial score (nSPS) is 17.8. The Balaban J connectivity index is 0.00000144. The number of aromatic hydroxyl groups is 1. The summed E-state index contributed by atoms with van der Waals surface area (Å²) >= 11 is 5.76. The zero-order valence-corrected chi connectivity index (χ0v) is 10.9. The minimum atomic E-state index is -0.471. The van der Waals surface area contributed by atoms with Gasteiger partial charge in [0.25, 0.3) is 0 Å². The van der Waals surface area contributed by atoms with Crippen LogP contribution in [0.3, 0.4) is 0 Å². The molecule has 2 rings (SSSR count). The molecular formula is C12H16Cl2FNO. The second-order valence-electron chi connectivity index (χ2n) is 4.36. The summed E-state index contributed by atoms with van der Waals surface area (Å²) in [6.07, 6.45) is 4.24. The van der Waals surface area contributed by atoms with E-state index in [4.69, 9.17) is 17.3 Å². The number of phenolic OH excluding ortho intramolecular Hbond substituents is 1. The fourth-order valence-corrected chi connectivity index (χ4v) is 2.59. The van der Waals surface area contributed by atoms with Gasteiger partial charge in [-0.05, 0) is 30.9 Å². The highest BCUT2D eigenvalue weighted by Crippen LogP contribution is 2.40. The van der Waals surface area contributed by atoms with E-state index in [0.717, 1.165) is 25.7 Å². The summed E-state index contributed by atoms with van der Waals surface area (Å²) in [5, 5.41) is 9.91. The van der Waals surface area contributed by atoms with E-state index in [-0.39, 0.29) is 34.7 Å². The first-order valence-corrected chi connectivity index (χ1v) is 5.91. The number of hydrogen-bond acceptors (Lipinski definition) is 2. The predicted octanol–water partition coefficient (Wildman–Crippen LogP) is 3.80. The molecule has 17 heavy (non-hydrogen) atoms. The number of nitrogens with two attached hydrogens (primary N) is 1. The summed E-state index contributed by atoms with van der Waals surface area (Å²) in [7, 11) is 0. The highest BCUT2D eigenvalue weighted by atomic mass is 35.5. The van der Waals surface area contributed by atoms with Crippen LogP contribution in [0.25, 0.3) is 0 Å². The van der Waals surface area contributed by atoms with Crippen molar-refractivity contribution >= 4 is 24.0 Å². The Labute approximate surface area is 111 Å². The maximum absolute atomic E-state index is 13.6. The summed E-state index contributed by atoms with van der Waals surface area (Å²) < 4.78 is 13.6. The fraction of sp³-hybridized carbons (Fsp3) is 0.500. The lowest BCUT2D eigenvalue weighted by molar-refractivity contribution is 0.396. The molecule has 0 aliphatic heterocycles. The average molecular weight is 280 g/mol. The largest absolute Gasteiger partial charge is 0.506 e. The number of phenols is 1.